The fourth-order valence-electron chi connectivity index (χ4n) is 2.71. The molecule has 0 aliphatic heterocycles. The lowest BCUT2D eigenvalue weighted by molar-refractivity contribution is -0.137. The maximum Gasteiger partial charge on any atom is 0.417 e. The Morgan fingerprint density at radius 3 is 2.59 bits per heavy atom. The van der Waals surface area contributed by atoms with Crippen molar-refractivity contribution in [2.45, 2.75) is 12.1 Å². The highest BCUT2D eigenvalue weighted by Crippen LogP contribution is 2.33. The van der Waals surface area contributed by atoms with Crippen LogP contribution in [-0.4, -0.2) is 15.8 Å². The van der Waals surface area contributed by atoms with E-state index in [1.807, 2.05) is 24.3 Å². The molecule has 3 heterocycles. The highest BCUT2D eigenvalue weighted by Gasteiger charge is 2.32. The molecule has 0 spiro atoms. The Morgan fingerprint density at radius 1 is 1.14 bits per heavy atom. The minimum Gasteiger partial charge on any atom is -0.450 e. The second-order valence-electron chi connectivity index (χ2n) is 6.05. The summed E-state index contributed by atoms with van der Waals surface area (Å²) in [6.45, 7) is 0. The quantitative estimate of drug-likeness (QED) is 0.415. The van der Waals surface area contributed by atoms with E-state index in [9.17, 15) is 23.2 Å². The van der Waals surface area contributed by atoms with Crippen molar-refractivity contribution in [1.29, 1.82) is 5.26 Å². The zero-order valence-electron chi connectivity index (χ0n) is 14.5. The van der Waals surface area contributed by atoms with E-state index in [-0.39, 0.29) is 11.5 Å². The van der Waals surface area contributed by atoms with Crippen LogP contribution in [0.15, 0.2) is 59.1 Å². The number of nitriles is 1. The minimum atomic E-state index is -4.55. The number of alkyl halides is 3. The van der Waals surface area contributed by atoms with Gasteiger partial charge in [0.15, 0.2) is 22.4 Å². The molecule has 0 aliphatic carbocycles. The maximum absolute atomic E-state index is 12.7. The molecule has 144 valence electrons. The van der Waals surface area contributed by atoms with Crippen LogP contribution in [0.4, 0.5) is 13.2 Å². The first-order valence-corrected chi connectivity index (χ1v) is 9.11. The molecular formula is C20H10F3N3O2S. The number of thiazole rings is 1. The Kier molecular flexibility index (Phi) is 4.64. The highest BCUT2D eigenvalue weighted by atomic mass is 32.1. The van der Waals surface area contributed by atoms with Gasteiger partial charge in [-0.25, -0.2) is 4.98 Å². The molecule has 0 fully saturated rings. The van der Waals surface area contributed by atoms with Gasteiger partial charge in [-0.3, -0.25) is 9.78 Å². The number of Topliss-reactive ketones (excluding diaryl/α,β-unsaturated/α-hetero) is 1. The molecule has 0 unspecified atom stereocenters. The number of pyridine rings is 1. The standard InChI is InChI=1S/C20H10F3N3O2S/c21-20(22,23)11-5-6-13(25-10-11)12(9-24)18(27)15-7-8-16(28-15)19-26-14-3-1-2-4-17(14)29-19/h1-8,10,12H/t12-/m0/s1. The van der Waals surface area contributed by atoms with Gasteiger partial charge in [0.25, 0.3) is 0 Å². The fourth-order valence-corrected chi connectivity index (χ4v) is 3.64. The number of hydrogen-bond acceptors (Lipinski definition) is 6. The summed E-state index contributed by atoms with van der Waals surface area (Å²) in [4.78, 5) is 20.8. The summed E-state index contributed by atoms with van der Waals surface area (Å²) in [7, 11) is 0. The first kappa shape index (κ1) is 18.8. The molecule has 0 bridgehead atoms. The van der Waals surface area contributed by atoms with E-state index in [2.05, 4.69) is 9.97 Å². The van der Waals surface area contributed by atoms with Crippen LogP contribution in [-0.2, 0) is 6.18 Å². The van der Waals surface area contributed by atoms with Crippen molar-refractivity contribution in [2.24, 2.45) is 0 Å². The van der Waals surface area contributed by atoms with Crippen molar-refractivity contribution >= 4 is 27.3 Å². The third kappa shape index (κ3) is 3.62. The van der Waals surface area contributed by atoms with Crippen molar-refractivity contribution in [3.05, 3.63) is 71.7 Å². The number of rotatable bonds is 4. The van der Waals surface area contributed by atoms with E-state index < -0.39 is 23.4 Å². The largest absolute Gasteiger partial charge is 0.450 e. The molecule has 5 nitrogen and oxygen atoms in total. The Morgan fingerprint density at radius 2 is 1.93 bits per heavy atom. The molecule has 0 N–H and O–H groups in total. The summed E-state index contributed by atoms with van der Waals surface area (Å²) >= 11 is 1.39. The van der Waals surface area contributed by atoms with Crippen molar-refractivity contribution in [1.82, 2.24) is 9.97 Å². The van der Waals surface area contributed by atoms with Gasteiger partial charge in [-0.05, 0) is 36.4 Å². The van der Waals surface area contributed by atoms with Crippen molar-refractivity contribution in [3.63, 3.8) is 0 Å². The van der Waals surface area contributed by atoms with E-state index >= 15 is 0 Å². The number of hydrogen-bond donors (Lipinski definition) is 0. The molecule has 29 heavy (non-hydrogen) atoms. The predicted octanol–water partition coefficient (Wildman–Crippen LogP) is 5.46. The molecule has 4 aromatic rings. The number of fused-ring (bicyclic) bond motifs is 1. The number of para-hydroxylation sites is 1. The lowest BCUT2D eigenvalue weighted by Crippen LogP contribution is -2.13. The normalized spacial score (nSPS) is 12.6. The zero-order valence-corrected chi connectivity index (χ0v) is 15.3. The van der Waals surface area contributed by atoms with E-state index in [0.29, 0.717) is 17.0 Å². The van der Waals surface area contributed by atoms with Crippen LogP contribution in [0.5, 0.6) is 0 Å². The number of aromatic nitrogens is 2. The van der Waals surface area contributed by atoms with Crippen LogP contribution in [0.25, 0.3) is 21.0 Å². The average molecular weight is 413 g/mol. The molecule has 0 amide bonds. The molecule has 1 aromatic carbocycles. The number of halogens is 3. The SMILES string of the molecule is N#C[C@H](C(=O)c1ccc(-c2nc3ccccc3s2)o1)c1ccc(C(F)(F)F)cn1. The summed E-state index contributed by atoms with van der Waals surface area (Å²) in [6.07, 6.45) is -3.95. The first-order valence-electron chi connectivity index (χ1n) is 8.29. The van der Waals surface area contributed by atoms with E-state index in [4.69, 9.17) is 4.42 Å². The number of benzene rings is 1. The summed E-state index contributed by atoms with van der Waals surface area (Å²) in [5, 5.41) is 9.95. The Balaban J connectivity index is 1.61. The van der Waals surface area contributed by atoms with Crippen molar-refractivity contribution in [3.8, 4) is 16.8 Å². The molecule has 3 aromatic heterocycles. The molecule has 9 heteroatoms. The van der Waals surface area contributed by atoms with Crippen molar-refractivity contribution < 1.29 is 22.4 Å². The molecular weight excluding hydrogens is 403 g/mol. The second kappa shape index (κ2) is 7.14. The Labute approximate surface area is 166 Å². The monoisotopic (exact) mass is 413 g/mol. The van der Waals surface area contributed by atoms with Crippen molar-refractivity contribution in [2.75, 3.05) is 0 Å². The summed E-state index contributed by atoms with van der Waals surface area (Å²) in [6, 6.07) is 14.1. The third-order valence-corrected chi connectivity index (χ3v) is 5.21. The number of furan rings is 1. The van der Waals surface area contributed by atoms with E-state index in [0.717, 1.165) is 22.3 Å². The smallest absolute Gasteiger partial charge is 0.417 e. The lowest BCUT2D eigenvalue weighted by atomic mass is 9.99. The van der Waals surface area contributed by atoms with Crippen LogP contribution >= 0.6 is 11.3 Å². The average Bonchev–Trinajstić information content (AvgIpc) is 3.35. The van der Waals surface area contributed by atoms with Gasteiger partial charge in [0.1, 0.15) is 0 Å². The minimum absolute atomic E-state index is 0.0802. The Hall–Kier alpha value is -3.51. The number of ketones is 1. The number of carbonyl (C=O) groups is 1. The van der Waals surface area contributed by atoms with E-state index in [1.54, 1.807) is 12.1 Å². The molecule has 0 saturated carbocycles. The first-order chi connectivity index (χ1) is 13.9. The summed E-state index contributed by atoms with van der Waals surface area (Å²) in [5.74, 6) is -1.79. The molecule has 0 saturated heterocycles. The van der Waals surface area contributed by atoms with Gasteiger partial charge in [-0.2, -0.15) is 18.4 Å². The lowest BCUT2D eigenvalue weighted by Gasteiger charge is -2.09. The van der Waals surface area contributed by atoms with E-state index in [1.165, 1.54) is 17.4 Å². The van der Waals surface area contributed by atoms with Crippen LogP contribution in [0.2, 0.25) is 0 Å². The summed E-state index contributed by atoms with van der Waals surface area (Å²) < 4.78 is 44.6. The van der Waals surface area contributed by atoms with Gasteiger partial charge in [0, 0.05) is 6.20 Å². The van der Waals surface area contributed by atoms with Crippen LogP contribution in [0.3, 0.4) is 0 Å². The van der Waals surface area contributed by atoms with Gasteiger partial charge in [0.05, 0.1) is 27.5 Å². The number of nitrogens with zero attached hydrogens (tertiary/aromatic N) is 3. The van der Waals surface area contributed by atoms with Crippen LogP contribution < -0.4 is 0 Å². The Bertz CT molecular complexity index is 1200. The topological polar surface area (TPSA) is 79.8 Å². The van der Waals surface area contributed by atoms with Gasteiger partial charge < -0.3 is 4.42 Å². The van der Waals surface area contributed by atoms with Gasteiger partial charge in [-0.15, -0.1) is 11.3 Å². The van der Waals surface area contributed by atoms with Gasteiger partial charge in [-0.1, -0.05) is 12.1 Å². The second-order valence-corrected chi connectivity index (χ2v) is 7.08. The van der Waals surface area contributed by atoms with Crippen LogP contribution in [0.1, 0.15) is 27.7 Å². The molecule has 0 aliphatic rings. The highest BCUT2D eigenvalue weighted by molar-refractivity contribution is 7.21. The molecule has 1 atom stereocenters. The van der Waals surface area contributed by atoms with Gasteiger partial charge >= 0.3 is 6.18 Å². The zero-order chi connectivity index (χ0) is 20.6. The van der Waals surface area contributed by atoms with Gasteiger partial charge in [0.2, 0.25) is 5.78 Å². The number of carbonyl (C=O) groups excluding carboxylic acids is 1. The molecule has 0 radical (unpaired) electrons. The third-order valence-electron chi connectivity index (χ3n) is 4.15. The maximum atomic E-state index is 12.7. The fraction of sp³-hybridized carbons (Fsp3) is 0.100. The predicted molar refractivity (Wildman–Crippen MR) is 99.2 cm³/mol. The molecule has 4 rings (SSSR count). The summed E-state index contributed by atoms with van der Waals surface area (Å²) in [5.41, 5.74) is -0.245. The van der Waals surface area contributed by atoms with Crippen LogP contribution in [0, 0.1) is 11.3 Å².